The highest BCUT2D eigenvalue weighted by atomic mass is 31.2. The molecule has 0 saturated carbocycles. The third-order valence-corrected chi connectivity index (χ3v) is 4.69. The van der Waals surface area contributed by atoms with Crippen molar-refractivity contribution in [1.82, 2.24) is 15.2 Å². The number of carbonyl (C=O) groups is 1. The third-order valence-electron chi connectivity index (χ3n) is 4.35. The summed E-state index contributed by atoms with van der Waals surface area (Å²) in [5.74, 6) is -0.372. The van der Waals surface area contributed by atoms with Gasteiger partial charge in [0.15, 0.2) is 0 Å². The Labute approximate surface area is 160 Å². The molecular weight excluding hydrogens is 389 g/mol. The fourth-order valence-electron chi connectivity index (χ4n) is 3.05. The molecule has 144 valence electrons. The Balaban J connectivity index is 1.67. The van der Waals surface area contributed by atoms with E-state index in [1.807, 2.05) is 6.92 Å². The zero-order valence-corrected chi connectivity index (χ0v) is 15.6. The zero-order valence-electron chi connectivity index (χ0n) is 14.7. The van der Waals surface area contributed by atoms with Crippen LogP contribution in [0.2, 0.25) is 0 Å². The first-order valence-corrected chi connectivity index (χ1v) is 9.36. The van der Waals surface area contributed by atoms with E-state index >= 15 is 0 Å². The van der Waals surface area contributed by atoms with Crippen molar-refractivity contribution in [3.05, 3.63) is 59.0 Å². The fourth-order valence-corrected chi connectivity index (χ4v) is 3.36. The van der Waals surface area contributed by atoms with Gasteiger partial charge in [-0.1, -0.05) is 11.6 Å². The summed E-state index contributed by atoms with van der Waals surface area (Å²) in [7, 11) is -3.59. The Kier molecular flexibility index (Phi) is 5.02. The minimum atomic E-state index is -3.59. The smallest absolute Gasteiger partial charge is 0.420 e. The maximum Gasteiger partial charge on any atom is 0.481 e. The first-order valence-electron chi connectivity index (χ1n) is 8.32. The molecule has 0 aliphatic carbocycles. The lowest BCUT2D eigenvalue weighted by molar-refractivity contribution is 0.102. The van der Waals surface area contributed by atoms with E-state index in [0.29, 0.717) is 35.7 Å². The molecule has 4 rings (SSSR count). The van der Waals surface area contributed by atoms with E-state index < -0.39 is 8.77 Å². The van der Waals surface area contributed by atoms with E-state index in [2.05, 4.69) is 25.0 Å². The lowest BCUT2D eigenvalue weighted by Gasteiger charge is -2.12. The molecule has 2 N–H and O–H groups in total. The van der Waals surface area contributed by atoms with Gasteiger partial charge >= 0.3 is 8.77 Å². The average molecular weight is 404 g/mol. The first kappa shape index (κ1) is 18.5. The molecule has 1 aliphatic rings. The highest BCUT2D eigenvalue weighted by molar-refractivity contribution is 7.41. The molecule has 0 bridgehead atoms. The van der Waals surface area contributed by atoms with Crippen LogP contribution in [0.5, 0.6) is 5.75 Å². The Hall–Kier alpha value is -2.90. The molecule has 0 atom stereocenters. The molecule has 0 unspecified atom stereocenters. The zero-order chi connectivity index (χ0) is 19.7. The second-order valence-corrected chi connectivity index (χ2v) is 6.81. The molecule has 0 spiro atoms. The van der Waals surface area contributed by atoms with Crippen LogP contribution in [0.4, 0.5) is 14.1 Å². The number of benzene rings is 1. The van der Waals surface area contributed by atoms with Crippen LogP contribution in [0.25, 0.3) is 11.3 Å². The minimum Gasteiger partial charge on any atom is -0.420 e. The summed E-state index contributed by atoms with van der Waals surface area (Å²) in [5.41, 5.74) is 4.01. The number of halogens is 2. The number of pyridine rings is 1. The molecule has 3 aromatic rings. The highest BCUT2D eigenvalue weighted by Crippen LogP contribution is 2.45. The van der Waals surface area contributed by atoms with Crippen molar-refractivity contribution < 1.29 is 22.4 Å². The van der Waals surface area contributed by atoms with Crippen LogP contribution in [-0.2, 0) is 18.0 Å². The molecule has 7 nitrogen and oxygen atoms in total. The third kappa shape index (κ3) is 3.58. The number of aromatic amines is 1. The second kappa shape index (κ2) is 7.61. The molecule has 0 radical (unpaired) electrons. The van der Waals surface area contributed by atoms with Gasteiger partial charge in [-0.25, -0.2) is 0 Å². The predicted molar refractivity (Wildman–Crippen MR) is 99.2 cm³/mol. The number of hydrogen-bond acceptors (Lipinski definition) is 5. The number of anilines is 1. The van der Waals surface area contributed by atoms with Gasteiger partial charge in [0, 0.05) is 23.5 Å². The summed E-state index contributed by atoms with van der Waals surface area (Å²) in [6.07, 6.45) is 4.56. The number of nitrogens with zero attached hydrogens (tertiary/aromatic N) is 2. The topological polar surface area (TPSA) is 89.1 Å². The average Bonchev–Trinajstić information content (AvgIpc) is 3.31. The monoisotopic (exact) mass is 404 g/mol. The summed E-state index contributed by atoms with van der Waals surface area (Å²) >= 11 is 0. The van der Waals surface area contributed by atoms with Gasteiger partial charge in [-0.15, -0.1) is 8.39 Å². The SMILES string of the molecule is Cc1ccc(OP(F)F)c(-c2[nH]ncc2NC(=O)c2cncc3c2COC3)c1. The van der Waals surface area contributed by atoms with E-state index in [-0.39, 0.29) is 11.7 Å². The molecule has 2 aromatic heterocycles. The minimum absolute atomic E-state index is 0.0112. The molecular formula is C18H15F2N4O3P. The number of rotatable bonds is 5. The maximum absolute atomic E-state index is 12.8. The highest BCUT2D eigenvalue weighted by Gasteiger charge is 2.23. The summed E-state index contributed by atoms with van der Waals surface area (Å²) in [6, 6.07) is 4.83. The summed E-state index contributed by atoms with van der Waals surface area (Å²) in [4.78, 5) is 16.9. The number of aromatic nitrogens is 3. The van der Waals surface area contributed by atoms with Gasteiger partial charge in [0.1, 0.15) is 5.75 Å². The van der Waals surface area contributed by atoms with Crippen LogP contribution in [0.15, 0.2) is 36.8 Å². The fraction of sp³-hybridized carbons (Fsp3) is 0.167. The van der Waals surface area contributed by atoms with Crippen LogP contribution >= 0.6 is 8.77 Å². The predicted octanol–water partition coefficient (Wildman–Crippen LogP) is 4.61. The summed E-state index contributed by atoms with van der Waals surface area (Å²) < 4.78 is 35.7. The van der Waals surface area contributed by atoms with Gasteiger partial charge in [0.25, 0.3) is 5.91 Å². The summed E-state index contributed by atoms with van der Waals surface area (Å²) in [6.45, 7) is 2.58. The van der Waals surface area contributed by atoms with E-state index in [0.717, 1.165) is 16.7 Å². The number of amides is 1. The van der Waals surface area contributed by atoms with E-state index in [9.17, 15) is 13.2 Å². The normalized spacial score (nSPS) is 12.9. The van der Waals surface area contributed by atoms with Crippen LogP contribution in [0.1, 0.15) is 27.0 Å². The quantitative estimate of drug-likeness (QED) is 0.607. The van der Waals surface area contributed by atoms with Gasteiger partial charge in [-0.3, -0.25) is 14.9 Å². The van der Waals surface area contributed by atoms with Gasteiger partial charge in [-0.2, -0.15) is 5.10 Å². The lowest BCUT2D eigenvalue weighted by atomic mass is 10.1. The number of fused-ring (bicyclic) bond motifs is 1. The molecule has 1 aliphatic heterocycles. The number of hydrogen-bond donors (Lipinski definition) is 2. The van der Waals surface area contributed by atoms with Crippen LogP contribution in [0.3, 0.4) is 0 Å². The van der Waals surface area contributed by atoms with Crippen molar-refractivity contribution in [3.8, 4) is 17.0 Å². The Morgan fingerprint density at radius 2 is 2.14 bits per heavy atom. The van der Waals surface area contributed by atoms with Crippen molar-refractivity contribution in [2.75, 3.05) is 5.32 Å². The number of ether oxygens (including phenoxy) is 1. The van der Waals surface area contributed by atoms with Crippen LogP contribution in [0, 0.1) is 6.92 Å². The van der Waals surface area contributed by atoms with Gasteiger partial charge in [0.2, 0.25) is 0 Å². The molecule has 0 fully saturated rings. The van der Waals surface area contributed by atoms with Crippen molar-refractivity contribution in [2.45, 2.75) is 20.1 Å². The van der Waals surface area contributed by atoms with Crippen molar-refractivity contribution >= 4 is 20.4 Å². The van der Waals surface area contributed by atoms with Gasteiger partial charge in [0.05, 0.1) is 36.4 Å². The first-order chi connectivity index (χ1) is 13.5. The molecule has 3 heterocycles. The number of nitrogens with one attached hydrogen (secondary N) is 2. The maximum atomic E-state index is 12.8. The molecule has 10 heteroatoms. The van der Waals surface area contributed by atoms with E-state index in [1.165, 1.54) is 18.5 Å². The molecule has 28 heavy (non-hydrogen) atoms. The Bertz CT molecular complexity index is 1040. The largest absolute Gasteiger partial charge is 0.481 e. The Morgan fingerprint density at radius 1 is 1.29 bits per heavy atom. The van der Waals surface area contributed by atoms with Crippen molar-refractivity contribution in [3.63, 3.8) is 0 Å². The van der Waals surface area contributed by atoms with Crippen LogP contribution in [-0.4, -0.2) is 21.1 Å². The summed E-state index contributed by atoms with van der Waals surface area (Å²) in [5, 5.41) is 9.47. The van der Waals surface area contributed by atoms with E-state index in [4.69, 9.17) is 4.74 Å². The van der Waals surface area contributed by atoms with Crippen molar-refractivity contribution in [2.24, 2.45) is 0 Å². The van der Waals surface area contributed by atoms with Gasteiger partial charge < -0.3 is 14.6 Å². The standard InChI is InChI=1S/C18H15F2N4O3P/c1-10-2-3-16(27-28(19)20)12(4-10)17-15(7-22-24-17)23-18(25)13-6-21-5-11-8-26-9-14(11)13/h2-7H,8-9H2,1H3,(H,22,24)(H,23,25). The lowest BCUT2D eigenvalue weighted by Crippen LogP contribution is -2.15. The Morgan fingerprint density at radius 3 is 2.96 bits per heavy atom. The van der Waals surface area contributed by atoms with Crippen LogP contribution < -0.4 is 9.84 Å². The van der Waals surface area contributed by atoms with Crippen molar-refractivity contribution in [1.29, 1.82) is 0 Å². The molecule has 1 amide bonds. The number of aryl methyl sites for hydroxylation is 1. The molecule has 0 saturated heterocycles. The van der Waals surface area contributed by atoms with Gasteiger partial charge in [-0.05, 0) is 24.6 Å². The number of H-pyrrole nitrogens is 1. The molecule has 1 aromatic carbocycles. The second-order valence-electron chi connectivity index (χ2n) is 6.22. The van der Waals surface area contributed by atoms with E-state index in [1.54, 1.807) is 18.3 Å². The number of carbonyl (C=O) groups excluding carboxylic acids is 1.